The highest BCUT2D eigenvalue weighted by molar-refractivity contribution is 8.14. The highest BCUT2D eigenvalue weighted by Crippen LogP contribution is 2.18. The summed E-state index contributed by atoms with van der Waals surface area (Å²) in [7, 11) is 1.89. The van der Waals surface area contributed by atoms with Gasteiger partial charge in [0.25, 0.3) is 0 Å². The van der Waals surface area contributed by atoms with Crippen molar-refractivity contribution in [1.82, 2.24) is 0 Å². The smallest absolute Gasteiger partial charge is 0.212 e. The van der Waals surface area contributed by atoms with Crippen LogP contribution in [-0.2, 0) is 9.05 Å². The second-order valence-corrected chi connectivity index (χ2v) is 10.2. The lowest BCUT2D eigenvalue weighted by atomic mass is 10.0. The summed E-state index contributed by atoms with van der Waals surface area (Å²) >= 11 is 0. The summed E-state index contributed by atoms with van der Waals surface area (Å²) in [5, 5.41) is -0.583. The minimum atomic E-state index is -3.48. The van der Waals surface area contributed by atoms with E-state index in [9.17, 15) is 8.42 Å². The number of hydrogen-bond acceptors (Lipinski definition) is 2. The fourth-order valence-corrected chi connectivity index (χ4v) is 4.43. The molecule has 0 saturated carbocycles. The van der Waals surface area contributed by atoms with Crippen molar-refractivity contribution in [1.29, 1.82) is 0 Å². The molecule has 0 radical (unpaired) electrons. The molecular weight excluding hydrogens is 352 g/mol. The van der Waals surface area contributed by atoms with Gasteiger partial charge in [0.1, 0.15) is 0 Å². The van der Waals surface area contributed by atoms with Gasteiger partial charge >= 0.3 is 0 Å². The molecule has 0 aromatic rings. The molecule has 0 aliphatic heterocycles. The van der Waals surface area contributed by atoms with Crippen molar-refractivity contribution < 1.29 is 8.42 Å². The van der Waals surface area contributed by atoms with Gasteiger partial charge in [-0.25, -0.2) is 8.42 Å². The topological polar surface area (TPSA) is 34.1 Å². The lowest BCUT2D eigenvalue weighted by Gasteiger charge is -2.08. The lowest BCUT2D eigenvalue weighted by Crippen LogP contribution is -2.12. The number of unbranched alkanes of at least 4 members (excludes halogenated alkanes) is 15. The predicted octanol–water partition coefficient (Wildman–Crippen LogP) is 7.76. The molecule has 0 aromatic carbocycles. The zero-order valence-electron chi connectivity index (χ0n) is 16.5. The average Bonchev–Trinajstić information content (AvgIpc) is 2.56. The first-order chi connectivity index (χ1) is 12.0. The van der Waals surface area contributed by atoms with Crippen molar-refractivity contribution in [3.63, 3.8) is 0 Å². The van der Waals surface area contributed by atoms with Crippen LogP contribution in [0.15, 0.2) is 12.7 Å². The Bertz CT molecular complexity index is 393. The highest BCUT2D eigenvalue weighted by atomic mass is 35.7. The summed E-state index contributed by atoms with van der Waals surface area (Å²) in [5.41, 5.74) is 0. The zero-order valence-corrected chi connectivity index (χ0v) is 18.1. The summed E-state index contributed by atoms with van der Waals surface area (Å²) in [5.74, 6) is 0. The molecule has 2 nitrogen and oxygen atoms in total. The lowest BCUT2D eigenvalue weighted by molar-refractivity contribution is 0.526. The van der Waals surface area contributed by atoms with Crippen LogP contribution in [-0.4, -0.2) is 13.7 Å². The van der Waals surface area contributed by atoms with Crippen molar-refractivity contribution in [3.8, 4) is 0 Å². The number of rotatable bonds is 19. The highest BCUT2D eigenvalue weighted by Gasteiger charge is 2.18. The molecular formula is C21H41ClO2S. The summed E-state index contributed by atoms with van der Waals surface area (Å²) in [4.78, 5) is 0. The monoisotopic (exact) mass is 392 g/mol. The van der Waals surface area contributed by atoms with Crippen LogP contribution in [0.1, 0.15) is 116 Å². The zero-order chi connectivity index (χ0) is 18.8. The van der Waals surface area contributed by atoms with E-state index < -0.39 is 14.3 Å². The van der Waals surface area contributed by atoms with Crippen LogP contribution >= 0.6 is 10.7 Å². The third kappa shape index (κ3) is 17.2. The van der Waals surface area contributed by atoms with Crippen molar-refractivity contribution in [2.45, 2.75) is 121 Å². The molecule has 0 rings (SSSR count). The second-order valence-electron chi connectivity index (χ2n) is 7.34. The van der Waals surface area contributed by atoms with E-state index in [4.69, 9.17) is 10.7 Å². The van der Waals surface area contributed by atoms with Crippen LogP contribution < -0.4 is 0 Å². The summed E-state index contributed by atoms with van der Waals surface area (Å²) in [6, 6.07) is 0. The fourth-order valence-electron chi connectivity index (χ4n) is 3.27. The van der Waals surface area contributed by atoms with Gasteiger partial charge in [0.2, 0.25) is 9.05 Å². The molecule has 0 amide bonds. The van der Waals surface area contributed by atoms with E-state index in [0.717, 1.165) is 12.8 Å². The van der Waals surface area contributed by atoms with Crippen LogP contribution in [0.3, 0.4) is 0 Å². The largest absolute Gasteiger partial charge is 0.239 e. The Kier molecular flexibility index (Phi) is 17.4. The molecule has 0 aliphatic carbocycles. The number of halogens is 1. The Labute approximate surface area is 162 Å². The fraction of sp³-hybridized carbons (Fsp3) is 0.905. The molecule has 4 heteroatoms. The van der Waals surface area contributed by atoms with Crippen molar-refractivity contribution >= 4 is 19.7 Å². The Morgan fingerprint density at radius 2 is 1.04 bits per heavy atom. The standard InChI is InChI=1S/C21H41ClO2S/c1-3-5-6-7-8-9-10-11-12-13-14-15-16-17-18-19-20-21(4-2)25(22,23)24/h4,21H,2-3,5-20H2,1H3. The molecule has 0 spiro atoms. The van der Waals surface area contributed by atoms with Gasteiger partial charge in [-0.2, -0.15) is 0 Å². The van der Waals surface area contributed by atoms with Gasteiger partial charge in [-0.1, -0.05) is 116 Å². The average molecular weight is 393 g/mol. The molecule has 0 bridgehead atoms. The summed E-state index contributed by atoms with van der Waals surface area (Å²) < 4.78 is 22.5. The third-order valence-electron chi connectivity index (χ3n) is 4.97. The maximum absolute atomic E-state index is 11.2. The molecule has 0 aromatic heterocycles. The van der Waals surface area contributed by atoms with E-state index in [0.29, 0.717) is 6.42 Å². The minimum Gasteiger partial charge on any atom is -0.212 e. The van der Waals surface area contributed by atoms with Gasteiger partial charge in [0.15, 0.2) is 0 Å². The van der Waals surface area contributed by atoms with Gasteiger partial charge in [-0.3, -0.25) is 0 Å². The van der Waals surface area contributed by atoms with Gasteiger partial charge in [0, 0.05) is 10.7 Å². The van der Waals surface area contributed by atoms with Gasteiger partial charge in [-0.15, -0.1) is 6.58 Å². The molecule has 0 heterocycles. The van der Waals surface area contributed by atoms with E-state index in [2.05, 4.69) is 13.5 Å². The predicted molar refractivity (Wildman–Crippen MR) is 113 cm³/mol. The number of hydrogen-bond donors (Lipinski definition) is 0. The van der Waals surface area contributed by atoms with Crippen LogP contribution in [0.4, 0.5) is 0 Å². The van der Waals surface area contributed by atoms with E-state index in [1.807, 2.05) is 0 Å². The van der Waals surface area contributed by atoms with Crippen LogP contribution in [0.25, 0.3) is 0 Å². The van der Waals surface area contributed by atoms with Gasteiger partial charge in [0.05, 0.1) is 5.25 Å². The van der Waals surface area contributed by atoms with Gasteiger partial charge < -0.3 is 0 Å². The Balaban J connectivity index is 3.23. The van der Waals surface area contributed by atoms with E-state index in [1.54, 1.807) is 0 Å². The van der Waals surface area contributed by atoms with Crippen LogP contribution in [0, 0.1) is 0 Å². The third-order valence-corrected chi connectivity index (χ3v) is 6.80. The Morgan fingerprint density at radius 3 is 1.32 bits per heavy atom. The van der Waals surface area contributed by atoms with Crippen molar-refractivity contribution in [2.75, 3.05) is 0 Å². The van der Waals surface area contributed by atoms with E-state index in [-0.39, 0.29) is 0 Å². The quantitative estimate of drug-likeness (QED) is 0.128. The normalized spacial score (nSPS) is 13.0. The molecule has 0 aliphatic rings. The molecule has 150 valence electrons. The Morgan fingerprint density at radius 1 is 0.720 bits per heavy atom. The molecule has 25 heavy (non-hydrogen) atoms. The van der Waals surface area contributed by atoms with E-state index in [1.165, 1.54) is 96.0 Å². The van der Waals surface area contributed by atoms with Crippen molar-refractivity contribution in [2.24, 2.45) is 0 Å². The first-order valence-electron chi connectivity index (χ1n) is 10.6. The van der Waals surface area contributed by atoms with E-state index >= 15 is 0 Å². The molecule has 0 saturated heterocycles. The molecule has 1 unspecified atom stereocenters. The van der Waals surface area contributed by atoms with Crippen molar-refractivity contribution in [3.05, 3.63) is 12.7 Å². The minimum absolute atomic E-state index is 0.583. The van der Waals surface area contributed by atoms with Crippen LogP contribution in [0.5, 0.6) is 0 Å². The Hall–Kier alpha value is -0.0200. The molecule has 0 fully saturated rings. The molecule has 1 atom stereocenters. The first-order valence-corrected chi connectivity index (χ1v) is 13.0. The second kappa shape index (κ2) is 17.4. The summed E-state index contributed by atoms with van der Waals surface area (Å²) in [6.07, 6.45) is 23.2. The molecule has 0 N–H and O–H groups in total. The first kappa shape index (κ1) is 25.0. The van der Waals surface area contributed by atoms with Gasteiger partial charge in [-0.05, 0) is 6.42 Å². The van der Waals surface area contributed by atoms with Crippen LogP contribution in [0.2, 0.25) is 0 Å². The maximum atomic E-state index is 11.2. The maximum Gasteiger partial charge on any atom is 0.239 e. The summed E-state index contributed by atoms with van der Waals surface area (Å²) in [6.45, 7) is 5.83. The SMILES string of the molecule is C=CC(CCCCCCCCCCCCCCCCCC)S(=O)(=O)Cl.